The summed E-state index contributed by atoms with van der Waals surface area (Å²) in [5.41, 5.74) is 1.93. The van der Waals surface area contributed by atoms with E-state index >= 15 is 0 Å². The number of halogens is 1. The van der Waals surface area contributed by atoms with Gasteiger partial charge in [0.25, 0.3) is 0 Å². The van der Waals surface area contributed by atoms with Gasteiger partial charge in [-0.2, -0.15) is 0 Å². The molecule has 6 nitrogen and oxygen atoms in total. The first-order chi connectivity index (χ1) is 10.8. The monoisotopic (exact) mass is 387 g/mol. The van der Waals surface area contributed by atoms with Gasteiger partial charge < -0.3 is 19.5 Å². The predicted octanol–water partition coefficient (Wildman–Crippen LogP) is 2.61. The minimum atomic E-state index is -0.832. The second-order valence-electron chi connectivity index (χ2n) is 5.21. The molecule has 128 valence electrons. The topological polar surface area (TPSA) is 76.1 Å². The molecule has 1 rings (SSSR count). The number of aryl methyl sites for hydroxylation is 1. The SMILES string of the molecule is CCOC(=O)COc1c(Br)cc(C)cc1CN(C)CCC(=O)O. The highest BCUT2D eigenvalue weighted by molar-refractivity contribution is 9.10. The number of aliphatic carboxylic acids is 1. The molecule has 0 unspecified atom stereocenters. The number of carbonyl (C=O) groups is 2. The second kappa shape index (κ2) is 9.52. The van der Waals surface area contributed by atoms with Crippen LogP contribution in [0.1, 0.15) is 24.5 Å². The third-order valence-electron chi connectivity index (χ3n) is 3.05. The van der Waals surface area contributed by atoms with Crippen molar-refractivity contribution in [2.24, 2.45) is 0 Å². The van der Waals surface area contributed by atoms with Gasteiger partial charge in [-0.05, 0) is 48.5 Å². The van der Waals surface area contributed by atoms with Crippen LogP contribution in [0.2, 0.25) is 0 Å². The van der Waals surface area contributed by atoms with E-state index in [1.165, 1.54) is 0 Å². The van der Waals surface area contributed by atoms with E-state index in [-0.39, 0.29) is 13.0 Å². The Kier molecular flexibility index (Phi) is 8.05. The van der Waals surface area contributed by atoms with Crippen molar-refractivity contribution >= 4 is 27.9 Å². The Bertz CT molecular complexity index is 562. The van der Waals surface area contributed by atoms with Crippen molar-refractivity contribution < 1.29 is 24.2 Å². The van der Waals surface area contributed by atoms with Crippen LogP contribution in [0.4, 0.5) is 0 Å². The van der Waals surface area contributed by atoms with Gasteiger partial charge in [-0.25, -0.2) is 4.79 Å². The predicted molar refractivity (Wildman–Crippen MR) is 89.6 cm³/mol. The van der Waals surface area contributed by atoms with Crippen LogP contribution in [0.5, 0.6) is 5.75 Å². The van der Waals surface area contributed by atoms with Crippen molar-refractivity contribution in [3.05, 3.63) is 27.7 Å². The van der Waals surface area contributed by atoms with Gasteiger partial charge in [-0.1, -0.05) is 6.07 Å². The molecule has 0 amide bonds. The van der Waals surface area contributed by atoms with E-state index in [0.717, 1.165) is 15.6 Å². The highest BCUT2D eigenvalue weighted by atomic mass is 79.9. The summed E-state index contributed by atoms with van der Waals surface area (Å²) in [5.74, 6) is -0.683. The molecule has 1 aromatic carbocycles. The summed E-state index contributed by atoms with van der Waals surface area (Å²) in [6.45, 7) is 4.79. The molecule has 0 aliphatic heterocycles. The third-order valence-corrected chi connectivity index (χ3v) is 3.64. The lowest BCUT2D eigenvalue weighted by molar-refractivity contribution is -0.145. The Balaban J connectivity index is 2.83. The zero-order chi connectivity index (χ0) is 17.4. The molecule has 0 saturated heterocycles. The fourth-order valence-corrected chi connectivity index (χ4v) is 2.80. The molecule has 0 aromatic heterocycles. The summed E-state index contributed by atoms with van der Waals surface area (Å²) >= 11 is 3.45. The van der Waals surface area contributed by atoms with Crippen molar-refractivity contribution in [1.82, 2.24) is 4.90 Å². The lowest BCUT2D eigenvalue weighted by Crippen LogP contribution is -2.22. The third kappa shape index (κ3) is 7.00. The first-order valence-corrected chi connectivity index (χ1v) is 8.10. The minimum absolute atomic E-state index is 0.0719. The van der Waals surface area contributed by atoms with E-state index in [2.05, 4.69) is 15.9 Å². The van der Waals surface area contributed by atoms with Gasteiger partial charge in [-0.15, -0.1) is 0 Å². The lowest BCUT2D eigenvalue weighted by atomic mass is 10.1. The zero-order valence-corrected chi connectivity index (χ0v) is 15.2. The number of carbonyl (C=O) groups excluding carboxylic acids is 1. The molecule has 0 radical (unpaired) electrons. The van der Waals surface area contributed by atoms with E-state index in [0.29, 0.717) is 25.4 Å². The number of hydrogen-bond acceptors (Lipinski definition) is 5. The second-order valence-corrected chi connectivity index (χ2v) is 6.06. The van der Waals surface area contributed by atoms with Gasteiger partial charge in [0, 0.05) is 18.7 Å². The van der Waals surface area contributed by atoms with Crippen LogP contribution in [0.25, 0.3) is 0 Å². The quantitative estimate of drug-likeness (QED) is 0.656. The largest absolute Gasteiger partial charge is 0.481 e. The van der Waals surface area contributed by atoms with Gasteiger partial charge in [0.2, 0.25) is 0 Å². The van der Waals surface area contributed by atoms with Crippen molar-refractivity contribution in [1.29, 1.82) is 0 Å². The number of hydrogen-bond donors (Lipinski definition) is 1. The number of carboxylic acid groups (broad SMARTS) is 1. The molecule has 0 atom stereocenters. The summed E-state index contributed by atoms with van der Waals surface area (Å²) in [7, 11) is 1.84. The molecule has 0 aliphatic carbocycles. The van der Waals surface area contributed by atoms with Crippen LogP contribution < -0.4 is 4.74 Å². The van der Waals surface area contributed by atoms with E-state index < -0.39 is 11.9 Å². The number of nitrogens with zero attached hydrogens (tertiary/aromatic N) is 1. The molecule has 1 N–H and O–H groups in total. The van der Waals surface area contributed by atoms with E-state index in [4.69, 9.17) is 14.6 Å². The molecule has 23 heavy (non-hydrogen) atoms. The molecule has 0 bridgehead atoms. The maximum Gasteiger partial charge on any atom is 0.344 e. The van der Waals surface area contributed by atoms with E-state index in [1.807, 2.05) is 31.0 Å². The average Bonchev–Trinajstić information content (AvgIpc) is 2.44. The smallest absolute Gasteiger partial charge is 0.344 e. The summed E-state index contributed by atoms with van der Waals surface area (Å²) in [6, 6.07) is 3.86. The van der Waals surface area contributed by atoms with E-state index in [1.54, 1.807) is 6.92 Å². The Morgan fingerprint density at radius 2 is 2.04 bits per heavy atom. The highest BCUT2D eigenvalue weighted by Crippen LogP contribution is 2.31. The maximum absolute atomic E-state index is 11.5. The molecular weight excluding hydrogens is 366 g/mol. The van der Waals surface area contributed by atoms with Crippen molar-refractivity contribution in [3.8, 4) is 5.75 Å². The molecular formula is C16H22BrNO5. The van der Waals surface area contributed by atoms with Gasteiger partial charge in [0.1, 0.15) is 5.75 Å². The zero-order valence-electron chi connectivity index (χ0n) is 13.6. The van der Waals surface area contributed by atoms with Gasteiger partial charge in [0.15, 0.2) is 6.61 Å². The molecule has 7 heteroatoms. The molecule has 0 fully saturated rings. The number of benzene rings is 1. The summed E-state index contributed by atoms with van der Waals surface area (Å²) in [4.78, 5) is 24.0. The molecule has 0 heterocycles. The summed E-state index contributed by atoms with van der Waals surface area (Å²) in [6.07, 6.45) is 0.0719. The number of ether oxygens (including phenoxy) is 2. The highest BCUT2D eigenvalue weighted by Gasteiger charge is 2.14. The normalized spacial score (nSPS) is 10.7. The Morgan fingerprint density at radius 3 is 2.65 bits per heavy atom. The van der Waals surface area contributed by atoms with Gasteiger partial charge >= 0.3 is 11.9 Å². The van der Waals surface area contributed by atoms with Crippen molar-refractivity contribution in [2.75, 3.05) is 26.8 Å². The van der Waals surface area contributed by atoms with Gasteiger partial charge in [-0.3, -0.25) is 4.79 Å². The van der Waals surface area contributed by atoms with Crippen LogP contribution in [0.3, 0.4) is 0 Å². The Morgan fingerprint density at radius 1 is 1.35 bits per heavy atom. The number of carboxylic acids is 1. The molecule has 1 aromatic rings. The molecule has 0 spiro atoms. The van der Waals surface area contributed by atoms with Crippen LogP contribution in [-0.4, -0.2) is 48.8 Å². The van der Waals surface area contributed by atoms with Gasteiger partial charge in [0.05, 0.1) is 17.5 Å². The molecule has 0 aliphatic rings. The standard InChI is InChI=1S/C16H22BrNO5/c1-4-22-15(21)10-23-16-12(7-11(2)8-13(16)17)9-18(3)6-5-14(19)20/h7-8H,4-6,9-10H2,1-3H3,(H,19,20). The lowest BCUT2D eigenvalue weighted by Gasteiger charge is -2.19. The van der Waals surface area contributed by atoms with Crippen LogP contribution >= 0.6 is 15.9 Å². The summed E-state index contributed by atoms with van der Waals surface area (Å²) in [5, 5.41) is 8.76. The molecule has 0 saturated carbocycles. The van der Waals surface area contributed by atoms with Crippen LogP contribution in [0.15, 0.2) is 16.6 Å². The van der Waals surface area contributed by atoms with E-state index in [9.17, 15) is 9.59 Å². The summed E-state index contributed by atoms with van der Waals surface area (Å²) < 4.78 is 11.2. The minimum Gasteiger partial charge on any atom is -0.481 e. The fourth-order valence-electron chi connectivity index (χ4n) is 2.07. The van der Waals surface area contributed by atoms with Crippen LogP contribution in [-0.2, 0) is 20.9 Å². The average molecular weight is 388 g/mol. The Hall–Kier alpha value is -1.60. The Labute approximate surface area is 144 Å². The fraction of sp³-hybridized carbons (Fsp3) is 0.500. The number of rotatable bonds is 9. The van der Waals surface area contributed by atoms with Crippen LogP contribution in [0, 0.1) is 6.92 Å². The van der Waals surface area contributed by atoms with Crippen molar-refractivity contribution in [2.45, 2.75) is 26.8 Å². The first-order valence-electron chi connectivity index (χ1n) is 7.31. The van der Waals surface area contributed by atoms with Crippen molar-refractivity contribution in [3.63, 3.8) is 0 Å². The first kappa shape index (κ1) is 19.4. The number of esters is 1. The maximum atomic E-state index is 11.5.